The molecule has 8 nitrogen and oxygen atoms in total. The number of ether oxygens (including phenoxy) is 3. The van der Waals surface area contributed by atoms with E-state index < -0.39 is 11.2 Å². The average Bonchev–Trinajstić information content (AvgIpc) is 2.70. The van der Waals surface area contributed by atoms with Crippen LogP contribution in [0.3, 0.4) is 0 Å². The fourth-order valence-electron chi connectivity index (χ4n) is 3.03. The topological polar surface area (TPSA) is 86.3 Å². The van der Waals surface area contributed by atoms with E-state index >= 15 is 0 Å². The summed E-state index contributed by atoms with van der Waals surface area (Å²) in [6.45, 7) is 11.1. The summed E-state index contributed by atoms with van der Waals surface area (Å²) in [5.41, 5.74) is 0. The van der Waals surface area contributed by atoms with Crippen LogP contribution in [0.1, 0.15) is 13.3 Å². The summed E-state index contributed by atoms with van der Waals surface area (Å²) < 4.78 is 25.9. The summed E-state index contributed by atoms with van der Waals surface area (Å²) in [6.07, 6.45) is -0.434. The molecule has 2 aliphatic heterocycles. The molecule has 0 aromatic heterocycles. The Morgan fingerprint density at radius 3 is 2.52 bits per heavy atom. The first-order chi connectivity index (χ1) is 13.7. The van der Waals surface area contributed by atoms with Gasteiger partial charge in [-0.2, -0.15) is 0 Å². The van der Waals surface area contributed by atoms with E-state index in [4.69, 9.17) is 18.7 Å². The molecule has 7 atom stereocenters. The summed E-state index contributed by atoms with van der Waals surface area (Å²) >= 11 is 1.39. The van der Waals surface area contributed by atoms with Gasteiger partial charge in [0.2, 0.25) is 0 Å². The third-order valence-corrected chi connectivity index (χ3v) is 11.0. The molecule has 29 heavy (non-hydrogen) atoms. The van der Waals surface area contributed by atoms with Gasteiger partial charge in [-0.05, 0) is 0 Å². The third-order valence-electron chi connectivity index (χ3n) is 4.52. The molecule has 2 heterocycles. The Labute approximate surface area is 189 Å². The van der Waals surface area contributed by atoms with Gasteiger partial charge in [-0.25, -0.2) is 0 Å². The minimum atomic E-state index is -1.78. The number of morpholine rings is 2. The monoisotopic (exact) mass is 632 g/mol. The number of hydrogen-bond donors (Lipinski definition) is 1. The van der Waals surface area contributed by atoms with Crippen LogP contribution < -0.4 is 5.32 Å². The maximum absolute atomic E-state index is 11.7. The molecule has 7 unspecified atom stereocenters. The number of ketones is 1. The molecular weight excluding hydrogens is 603 g/mol. The predicted molar refractivity (Wildman–Crippen MR) is 118 cm³/mol. The normalized spacial score (nSPS) is 30.2. The number of Topliss-reactive ketones (excluding diaryl/α,β-unsaturated/α-hetero) is 1. The van der Waals surface area contributed by atoms with Gasteiger partial charge in [0.1, 0.15) is 0 Å². The molecule has 0 spiro atoms. The Hall–Kier alpha value is 1.05. The molecule has 0 aromatic rings. The summed E-state index contributed by atoms with van der Waals surface area (Å²) in [4.78, 5) is 22.7. The molecule has 2 saturated heterocycles. The Morgan fingerprint density at radius 2 is 1.86 bits per heavy atom. The van der Waals surface area contributed by atoms with E-state index in [2.05, 4.69) is 34.9 Å². The van der Waals surface area contributed by atoms with Crippen molar-refractivity contribution in [3.05, 3.63) is 0 Å². The predicted octanol–water partition coefficient (Wildman–Crippen LogP) is -0.205. The van der Waals surface area contributed by atoms with Gasteiger partial charge in [0.15, 0.2) is 0 Å². The van der Waals surface area contributed by atoms with E-state index in [9.17, 15) is 9.59 Å². The van der Waals surface area contributed by atoms with Crippen LogP contribution in [-0.4, -0.2) is 101 Å². The van der Waals surface area contributed by atoms with Gasteiger partial charge in [0, 0.05) is 0 Å². The Kier molecular flexibility index (Phi) is 11.7. The molecule has 14 heteroatoms. The second-order valence-corrected chi connectivity index (χ2v) is 17.7. The zero-order chi connectivity index (χ0) is 21.4. The molecule has 162 valence electrons. The molecule has 0 bridgehead atoms. The molecule has 2 rings (SSSR count). The zero-order valence-electron chi connectivity index (χ0n) is 16.8. The molecule has 2 fully saturated rings. The van der Waals surface area contributed by atoms with Crippen molar-refractivity contribution in [2.45, 2.75) is 37.6 Å². The van der Waals surface area contributed by atoms with Crippen molar-refractivity contribution >= 4 is 49.3 Å². The first-order valence-corrected chi connectivity index (χ1v) is 16.8. The number of esters is 1. The van der Waals surface area contributed by atoms with E-state index in [1.165, 1.54) is 25.7 Å². The summed E-state index contributed by atoms with van der Waals surface area (Å²) in [7, 11) is 5.20. The number of carbonyl (C=O) groups excluding carboxylic acids is 2. The number of hydrogen-bond acceptors (Lipinski definition) is 8. The maximum atomic E-state index is 11.7. The third kappa shape index (κ3) is 9.21. The van der Waals surface area contributed by atoms with Crippen LogP contribution in [0.15, 0.2) is 0 Å². The van der Waals surface area contributed by atoms with Crippen LogP contribution in [0.2, 0.25) is 0 Å². The number of carbonyl (C=O) groups is 2. The molecule has 0 amide bonds. The van der Waals surface area contributed by atoms with E-state index in [1.54, 1.807) is 0 Å². The molecule has 0 aromatic carbocycles. The second-order valence-electron chi connectivity index (χ2n) is 7.17. The van der Waals surface area contributed by atoms with Crippen molar-refractivity contribution in [1.29, 1.82) is 0 Å². The Balaban J connectivity index is 1.89. The summed E-state index contributed by atoms with van der Waals surface area (Å²) in [5.74, 6) is -0.717. The van der Waals surface area contributed by atoms with Crippen LogP contribution in [0.25, 0.3) is 0 Å². The molecular formula is C15H29B2N2O6P3W. The number of nitrogens with zero attached hydrogens (tertiary/aromatic N) is 1. The number of rotatable bonds is 10. The van der Waals surface area contributed by atoms with Crippen LogP contribution in [0.4, 0.5) is 0 Å². The molecule has 0 aliphatic carbocycles. The first-order valence-electron chi connectivity index (χ1n) is 9.47. The van der Waals surface area contributed by atoms with Gasteiger partial charge in [-0.15, -0.1) is 0 Å². The molecule has 2 radical (unpaired) electrons. The van der Waals surface area contributed by atoms with Gasteiger partial charge < -0.3 is 0 Å². The van der Waals surface area contributed by atoms with Crippen LogP contribution in [0, 0.1) is 0 Å². The first kappa shape index (κ1) is 26.3. The van der Waals surface area contributed by atoms with Crippen molar-refractivity contribution < 1.29 is 47.1 Å². The van der Waals surface area contributed by atoms with Crippen LogP contribution in [-0.2, 0) is 47.1 Å². The Bertz CT molecular complexity index is 623. The number of nitrogens with one attached hydrogen (secondary N) is 1. The molecule has 2 aliphatic rings. The van der Waals surface area contributed by atoms with Crippen molar-refractivity contribution in [2.24, 2.45) is 0 Å². The van der Waals surface area contributed by atoms with Crippen LogP contribution >= 0.6 is 23.5 Å². The Morgan fingerprint density at radius 1 is 1.17 bits per heavy atom. The van der Waals surface area contributed by atoms with Crippen molar-refractivity contribution in [3.8, 4) is 0 Å². The SMILES string of the molecule is CC(=O)CC(=O)OCC1CN([P](C)(=[W])OCC2CNCC([B]P)O2)CC([B]P)O1. The van der Waals surface area contributed by atoms with Crippen molar-refractivity contribution in [3.63, 3.8) is 0 Å². The van der Waals surface area contributed by atoms with Crippen molar-refractivity contribution in [2.75, 3.05) is 46.1 Å². The quantitative estimate of drug-likeness (QED) is 0.154. The minimum absolute atomic E-state index is 0.0256. The average molecular weight is 632 g/mol. The summed E-state index contributed by atoms with van der Waals surface area (Å²) in [6, 6.07) is 0.000854. The van der Waals surface area contributed by atoms with E-state index in [1.807, 2.05) is 14.0 Å². The van der Waals surface area contributed by atoms with Gasteiger partial charge in [-0.3, -0.25) is 0 Å². The molecule has 1 N–H and O–H groups in total. The van der Waals surface area contributed by atoms with E-state index in [0.717, 1.165) is 19.6 Å². The van der Waals surface area contributed by atoms with Gasteiger partial charge in [0.25, 0.3) is 0 Å². The van der Waals surface area contributed by atoms with Crippen LogP contribution in [0.5, 0.6) is 0 Å². The summed E-state index contributed by atoms with van der Waals surface area (Å²) in [5, 5.41) is 1.59. The fourth-order valence-corrected chi connectivity index (χ4v) is 7.11. The zero-order valence-corrected chi connectivity index (χ0v) is 23.0. The van der Waals surface area contributed by atoms with Crippen molar-refractivity contribution in [1.82, 2.24) is 9.99 Å². The fraction of sp³-hybridized carbons (Fsp3) is 0.867. The standard InChI is InChI=1S/C15H29B2N2O6P3.W/c1-10(20)3-15(21)22-8-12-6-19(7-14(17-27)25-12)28(2)23-9-11-4-18-5-13(16-26)24-11;/h11-14,18H,3-9,26-27H2,1-2H3;. The second kappa shape index (κ2) is 12.9. The van der Waals surface area contributed by atoms with Gasteiger partial charge in [0.05, 0.1) is 0 Å². The van der Waals surface area contributed by atoms with E-state index in [0.29, 0.717) is 13.2 Å². The molecule has 0 saturated carbocycles. The van der Waals surface area contributed by atoms with Gasteiger partial charge >= 0.3 is 190 Å². The van der Waals surface area contributed by atoms with Gasteiger partial charge in [-0.1, -0.05) is 0 Å². The van der Waals surface area contributed by atoms with E-state index in [-0.39, 0.29) is 43.0 Å².